The Bertz CT molecular complexity index is 904. The van der Waals surface area contributed by atoms with E-state index in [1.54, 1.807) is 6.08 Å². The molecule has 5 nitrogen and oxygen atoms in total. The summed E-state index contributed by atoms with van der Waals surface area (Å²) in [4.78, 5) is 42.4. The average Bonchev–Trinajstić information content (AvgIpc) is 3.24. The van der Waals surface area contributed by atoms with Crippen molar-refractivity contribution in [3.8, 4) is 0 Å². The summed E-state index contributed by atoms with van der Waals surface area (Å²) in [5.74, 6) is -2.19. The van der Waals surface area contributed by atoms with E-state index in [0.29, 0.717) is 6.42 Å². The van der Waals surface area contributed by atoms with E-state index in [4.69, 9.17) is 0 Å². The monoisotopic (exact) mass is 375 g/mol. The van der Waals surface area contributed by atoms with Crippen molar-refractivity contribution in [1.29, 1.82) is 0 Å². The highest BCUT2D eigenvalue weighted by Crippen LogP contribution is 2.32. The van der Waals surface area contributed by atoms with E-state index in [-0.39, 0.29) is 5.78 Å². The molecule has 1 aliphatic rings. The molecular formula is C23H21NO4. The van der Waals surface area contributed by atoms with E-state index in [0.717, 1.165) is 11.1 Å². The first-order valence-corrected chi connectivity index (χ1v) is 9.03. The van der Waals surface area contributed by atoms with Crippen LogP contribution in [-0.2, 0) is 25.5 Å². The van der Waals surface area contributed by atoms with E-state index in [9.17, 15) is 14.4 Å². The Morgan fingerprint density at radius 3 is 2.21 bits per heavy atom. The van der Waals surface area contributed by atoms with E-state index in [2.05, 4.69) is 9.73 Å². The number of esters is 1. The predicted molar refractivity (Wildman–Crippen MR) is 106 cm³/mol. The average molecular weight is 375 g/mol. The number of ketones is 2. The highest BCUT2D eigenvalue weighted by Gasteiger charge is 2.47. The van der Waals surface area contributed by atoms with Gasteiger partial charge in [-0.25, -0.2) is 0 Å². The number of Topliss-reactive ketones (excluding diaryl/α,β-unsaturated/α-hetero) is 2. The molecule has 142 valence electrons. The molecule has 0 bridgehead atoms. The van der Waals surface area contributed by atoms with Crippen LogP contribution in [0.3, 0.4) is 0 Å². The van der Waals surface area contributed by atoms with Crippen LogP contribution < -0.4 is 0 Å². The Labute approximate surface area is 163 Å². The Hall–Kier alpha value is -3.34. The van der Waals surface area contributed by atoms with Crippen LogP contribution in [0.25, 0.3) is 0 Å². The molecule has 0 N–H and O–H groups in total. The number of methoxy groups -OCH3 is 1. The van der Waals surface area contributed by atoms with Crippen molar-refractivity contribution in [1.82, 2.24) is 0 Å². The zero-order chi connectivity index (χ0) is 20.0. The number of ether oxygens (including phenoxy) is 1. The Morgan fingerprint density at radius 1 is 1.00 bits per heavy atom. The highest BCUT2D eigenvalue weighted by atomic mass is 16.5. The molecule has 0 radical (unpaired) electrons. The normalized spacial score (nSPS) is 18.6. The van der Waals surface area contributed by atoms with E-state index < -0.39 is 29.6 Å². The first kappa shape index (κ1) is 19.4. The van der Waals surface area contributed by atoms with Gasteiger partial charge in [-0.05, 0) is 29.7 Å². The summed E-state index contributed by atoms with van der Waals surface area (Å²) < 4.78 is 4.60. The molecule has 2 aromatic carbocycles. The number of carbonyl (C=O) groups excluding carboxylic acids is 3. The summed E-state index contributed by atoms with van der Waals surface area (Å²) in [6.07, 6.45) is 4.40. The van der Waals surface area contributed by atoms with Crippen LogP contribution >= 0.6 is 0 Å². The van der Waals surface area contributed by atoms with Gasteiger partial charge in [-0.3, -0.25) is 19.4 Å². The molecule has 2 atom stereocenters. The lowest BCUT2D eigenvalue weighted by Gasteiger charge is -2.27. The van der Waals surface area contributed by atoms with Crippen LogP contribution in [-0.4, -0.2) is 36.4 Å². The number of rotatable bonds is 8. The lowest BCUT2D eigenvalue weighted by atomic mass is 9.77. The number of carbonyl (C=O) groups is 3. The van der Waals surface area contributed by atoms with Crippen molar-refractivity contribution < 1.29 is 19.1 Å². The van der Waals surface area contributed by atoms with Crippen molar-refractivity contribution in [3.63, 3.8) is 0 Å². The van der Waals surface area contributed by atoms with Gasteiger partial charge in [-0.15, -0.1) is 0 Å². The molecule has 0 fully saturated rings. The summed E-state index contributed by atoms with van der Waals surface area (Å²) >= 11 is 0. The maximum Gasteiger partial charge on any atom is 0.313 e. The minimum absolute atomic E-state index is 0.346. The van der Waals surface area contributed by atoms with Crippen LogP contribution in [0.1, 0.15) is 23.5 Å². The molecule has 0 saturated heterocycles. The van der Waals surface area contributed by atoms with Gasteiger partial charge in [0.1, 0.15) is 6.42 Å². The number of allylic oxidation sites excluding steroid dienone is 1. The summed E-state index contributed by atoms with van der Waals surface area (Å²) in [5, 5.41) is 0. The number of hydrogen-bond donors (Lipinski definition) is 0. The molecule has 0 spiro atoms. The van der Waals surface area contributed by atoms with Crippen LogP contribution in [0, 0.1) is 0 Å². The van der Waals surface area contributed by atoms with Crippen LogP contribution in [0.2, 0.25) is 0 Å². The SMILES string of the molecule is COC(=O)CC(=O)C1(C(=O)C(Cc2ccccc2)c2ccccc2)C=CC=N1. The number of hydrogen-bond acceptors (Lipinski definition) is 5. The Balaban J connectivity index is 1.99. The maximum absolute atomic E-state index is 13.6. The standard InChI is InChI=1S/C23H21NO4/c1-28-21(26)16-20(25)23(13-8-14-24-23)22(27)19(18-11-6-3-7-12-18)15-17-9-4-2-5-10-17/h2-14,19H,15-16H2,1H3. The molecule has 0 aliphatic carbocycles. The number of nitrogens with zero attached hydrogens (tertiary/aromatic N) is 1. The largest absolute Gasteiger partial charge is 0.469 e. The van der Waals surface area contributed by atoms with Gasteiger partial charge in [0, 0.05) is 6.21 Å². The first-order valence-electron chi connectivity index (χ1n) is 9.03. The van der Waals surface area contributed by atoms with Gasteiger partial charge in [0.2, 0.25) is 0 Å². The van der Waals surface area contributed by atoms with Crippen LogP contribution in [0.15, 0.2) is 77.8 Å². The number of benzene rings is 2. The van der Waals surface area contributed by atoms with E-state index >= 15 is 0 Å². The lowest BCUT2D eigenvalue weighted by molar-refractivity contribution is -0.144. The molecule has 1 heterocycles. The van der Waals surface area contributed by atoms with E-state index in [1.807, 2.05) is 60.7 Å². The maximum atomic E-state index is 13.6. The van der Waals surface area contributed by atoms with Gasteiger partial charge in [0.05, 0.1) is 13.0 Å². The summed E-state index contributed by atoms with van der Waals surface area (Å²) in [5.41, 5.74) is 0.0899. The van der Waals surface area contributed by atoms with Gasteiger partial charge >= 0.3 is 5.97 Å². The van der Waals surface area contributed by atoms with Gasteiger partial charge in [-0.1, -0.05) is 60.7 Å². The zero-order valence-corrected chi connectivity index (χ0v) is 15.6. The van der Waals surface area contributed by atoms with Crippen LogP contribution in [0.5, 0.6) is 0 Å². The molecule has 3 rings (SSSR count). The van der Waals surface area contributed by atoms with Crippen LogP contribution in [0.4, 0.5) is 0 Å². The predicted octanol–water partition coefficient (Wildman–Crippen LogP) is 3.09. The molecule has 2 unspecified atom stereocenters. The minimum atomic E-state index is -1.69. The molecule has 28 heavy (non-hydrogen) atoms. The third-order valence-corrected chi connectivity index (χ3v) is 4.84. The summed E-state index contributed by atoms with van der Waals surface area (Å²) in [7, 11) is 1.21. The van der Waals surface area contributed by atoms with Gasteiger partial charge in [0.25, 0.3) is 0 Å². The Kier molecular flexibility index (Phi) is 5.94. The molecule has 1 aliphatic heterocycles. The minimum Gasteiger partial charge on any atom is -0.469 e. The molecule has 0 saturated carbocycles. The summed E-state index contributed by atoms with van der Waals surface area (Å²) in [6.45, 7) is 0. The third kappa shape index (κ3) is 3.98. The fourth-order valence-electron chi connectivity index (χ4n) is 3.33. The smallest absolute Gasteiger partial charge is 0.313 e. The lowest BCUT2D eigenvalue weighted by Crippen LogP contribution is -2.46. The second-order valence-electron chi connectivity index (χ2n) is 6.60. The zero-order valence-electron chi connectivity index (χ0n) is 15.6. The van der Waals surface area contributed by atoms with Crippen molar-refractivity contribution in [2.75, 3.05) is 7.11 Å². The number of aliphatic imine (C=N–C) groups is 1. The van der Waals surface area contributed by atoms with Gasteiger partial charge < -0.3 is 4.74 Å². The summed E-state index contributed by atoms with van der Waals surface area (Å²) in [6, 6.07) is 18.9. The van der Waals surface area contributed by atoms with Gasteiger partial charge in [0.15, 0.2) is 17.1 Å². The quantitative estimate of drug-likeness (QED) is 0.525. The molecule has 0 amide bonds. The highest BCUT2D eigenvalue weighted by molar-refractivity contribution is 6.21. The molecule has 5 heteroatoms. The second kappa shape index (κ2) is 8.57. The third-order valence-electron chi connectivity index (χ3n) is 4.84. The Morgan fingerprint density at radius 2 is 1.64 bits per heavy atom. The molecule has 0 aromatic heterocycles. The van der Waals surface area contributed by atoms with Crippen molar-refractivity contribution in [3.05, 3.63) is 83.9 Å². The molecular weight excluding hydrogens is 354 g/mol. The van der Waals surface area contributed by atoms with Crippen molar-refractivity contribution >= 4 is 23.8 Å². The fraction of sp³-hybridized carbons (Fsp3) is 0.217. The van der Waals surface area contributed by atoms with E-state index in [1.165, 1.54) is 19.4 Å². The first-order chi connectivity index (χ1) is 13.6. The van der Waals surface area contributed by atoms with Crippen molar-refractivity contribution in [2.24, 2.45) is 4.99 Å². The fourth-order valence-corrected chi connectivity index (χ4v) is 3.33. The topological polar surface area (TPSA) is 72.8 Å². The molecule has 2 aromatic rings. The second-order valence-corrected chi connectivity index (χ2v) is 6.60. The van der Waals surface area contributed by atoms with Crippen molar-refractivity contribution in [2.45, 2.75) is 24.3 Å². The van der Waals surface area contributed by atoms with Gasteiger partial charge in [-0.2, -0.15) is 0 Å².